The molecule has 1 aromatic carbocycles. The number of hydrogen-bond donors (Lipinski definition) is 4. The highest BCUT2D eigenvalue weighted by Crippen LogP contribution is 2.34. The lowest BCUT2D eigenvalue weighted by Crippen LogP contribution is -2.62. The first-order valence-electron chi connectivity index (χ1n) is 17.5. The highest BCUT2D eigenvalue weighted by molar-refractivity contribution is 6.38. The van der Waals surface area contributed by atoms with E-state index in [-0.39, 0.29) is 37.9 Å². The summed E-state index contributed by atoms with van der Waals surface area (Å²) in [6, 6.07) is 2.70. The minimum absolute atomic E-state index is 0.0578. The minimum Gasteiger partial charge on any atom is -0.346 e. The van der Waals surface area contributed by atoms with Gasteiger partial charge in [0.2, 0.25) is 23.5 Å². The van der Waals surface area contributed by atoms with E-state index in [1.54, 1.807) is 45.0 Å². The zero-order valence-electron chi connectivity index (χ0n) is 30.1. The molecule has 0 radical (unpaired) electrons. The van der Waals surface area contributed by atoms with Crippen molar-refractivity contribution in [2.45, 2.75) is 104 Å². The Morgan fingerprint density at radius 3 is 2.24 bits per heavy atom. The normalized spacial score (nSPS) is 19.5. The number of fused-ring (bicyclic) bond motifs is 1. The molecule has 1 aliphatic carbocycles. The Morgan fingerprint density at radius 1 is 0.940 bits per heavy atom. The first-order chi connectivity index (χ1) is 23.4. The zero-order chi connectivity index (χ0) is 37.0. The molecular weight excluding hydrogens is 640 g/mol. The van der Waals surface area contributed by atoms with E-state index in [1.165, 1.54) is 15.9 Å². The summed E-state index contributed by atoms with van der Waals surface area (Å²) < 4.78 is 0. The average Bonchev–Trinajstić information content (AvgIpc) is 3.72. The molecule has 4 rings (SSSR count). The van der Waals surface area contributed by atoms with Crippen LogP contribution in [0.25, 0.3) is 0 Å². The summed E-state index contributed by atoms with van der Waals surface area (Å²) in [5.74, 6) is -3.05. The van der Waals surface area contributed by atoms with Crippen molar-refractivity contribution in [3.8, 4) is 0 Å². The lowest BCUT2D eigenvalue weighted by atomic mass is 9.85. The highest BCUT2D eigenvalue weighted by Gasteiger charge is 2.44. The van der Waals surface area contributed by atoms with Gasteiger partial charge in [-0.3, -0.25) is 33.7 Å². The van der Waals surface area contributed by atoms with Crippen molar-refractivity contribution in [1.82, 2.24) is 31.1 Å². The van der Waals surface area contributed by atoms with Crippen LogP contribution >= 0.6 is 0 Å². The van der Waals surface area contributed by atoms with Crippen LogP contribution in [-0.2, 0) is 30.4 Å². The molecule has 1 unspecified atom stereocenters. The lowest BCUT2D eigenvalue weighted by Gasteiger charge is -2.38. The number of urea groups is 1. The molecule has 0 bridgehead atoms. The predicted molar refractivity (Wildman–Crippen MR) is 187 cm³/mol. The van der Waals surface area contributed by atoms with Gasteiger partial charge in [0.05, 0.1) is 18.5 Å². The molecule has 13 heteroatoms. The van der Waals surface area contributed by atoms with Crippen molar-refractivity contribution in [2.75, 3.05) is 19.6 Å². The molecule has 7 amide bonds. The summed E-state index contributed by atoms with van der Waals surface area (Å²) in [7, 11) is 0. The first-order valence-corrected chi connectivity index (χ1v) is 17.5. The van der Waals surface area contributed by atoms with E-state index in [4.69, 9.17) is 0 Å². The molecule has 3 aliphatic rings. The maximum Gasteiger partial charge on any atom is 0.315 e. The monoisotopic (exact) mass is 692 g/mol. The van der Waals surface area contributed by atoms with E-state index in [9.17, 15) is 33.6 Å². The highest BCUT2D eigenvalue weighted by atomic mass is 16.2. The van der Waals surface area contributed by atoms with Crippen LogP contribution in [0.1, 0.15) is 89.6 Å². The molecule has 272 valence electrons. The Bertz CT molecular complexity index is 1520. The molecule has 50 heavy (non-hydrogen) atoms. The van der Waals surface area contributed by atoms with Crippen LogP contribution in [0.5, 0.6) is 0 Å². The van der Waals surface area contributed by atoms with Gasteiger partial charge in [-0.1, -0.05) is 78.7 Å². The first kappa shape index (κ1) is 38.3. The van der Waals surface area contributed by atoms with Gasteiger partial charge < -0.3 is 26.2 Å². The third-order valence-electron chi connectivity index (χ3n) is 9.61. The maximum absolute atomic E-state index is 14.1. The third-order valence-corrected chi connectivity index (χ3v) is 9.61. The van der Waals surface area contributed by atoms with Crippen LogP contribution in [0.3, 0.4) is 0 Å². The Hall–Kier alpha value is -4.55. The molecule has 1 saturated heterocycles. The molecule has 4 N–H and O–H groups in total. The number of hydrogen-bond acceptors (Lipinski definition) is 7. The number of amides is 7. The van der Waals surface area contributed by atoms with Crippen molar-refractivity contribution in [3.63, 3.8) is 0 Å². The smallest absolute Gasteiger partial charge is 0.315 e. The molecule has 2 fully saturated rings. The predicted octanol–water partition coefficient (Wildman–Crippen LogP) is 2.49. The summed E-state index contributed by atoms with van der Waals surface area (Å²) in [6.07, 6.45) is 4.61. The van der Waals surface area contributed by atoms with Crippen LogP contribution in [0.2, 0.25) is 0 Å². The van der Waals surface area contributed by atoms with Crippen molar-refractivity contribution in [2.24, 2.45) is 16.7 Å². The van der Waals surface area contributed by atoms with E-state index < -0.39 is 70.4 Å². The number of rotatable bonds is 13. The van der Waals surface area contributed by atoms with E-state index in [0.717, 1.165) is 12.8 Å². The Kier molecular flexibility index (Phi) is 11.9. The molecule has 0 aromatic heterocycles. The number of Topliss-reactive ketones (excluding diaryl/α,β-unsaturated/α-hetero) is 1. The molecule has 2 aliphatic heterocycles. The fraction of sp³-hybridized carbons (Fsp3) is 0.595. The van der Waals surface area contributed by atoms with Gasteiger partial charge in [0.1, 0.15) is 12.1 Å². The molecule has 1 aromatic rings. The van der Waals surface area contributed by atoms with Gasteiger partial charge in [-0.15, -0.1) is 6.58 Å². The topological polar surface area (TPSA) is 174 Å². The van der Waals surface area contributed by atoms with Crippen molar-refractivity contribution < 1.29 is 33.6 Å². The quantitative estimate of drug-likeness (QED) is 0.140. The van der Waals surface area contributed by atoms with Crippen LogP contribution in [0.4, 0.5) is 4.79 Å². The van der Waals surface area contributed by atoms with Crippen LogP contribution in [-0.4, -0.2) is 95.0 Å². The van der Waals surface area contributed by atoms with Gasteiger partial charge in [-0.05, 0) is 47.6 Å². The summed E-state index contributed by atoms with van der Waals surface area (Å²) in [5, 5.41) is 11.0. The van der Waals surface area contributed by atoms with Crippen molar-refractivity contribution >= 4 is 41.4 Å². The van der Waals surface area contributed by atoms with Crippen LogP contribution in [0.15, 0.2) is 36.9 Å². The van der Waals surface area contributed by atoms with Gasteiger partial charge in [0, 0.05) is 25.2 Å². The van der Waals surface area contributed by atoms with Crippen molar-refractivity contribution in [1.29, 1.82) is 0 Å². The Balaban J connectivity index is 1.46. The fourth-order valence-corrected chi connectivity index (χ4v) is 6.35. The second-order valence-electron chi connectivity index (χ2n) is 15.8. The molecule has 0 spiro atoms. The second kappa shape index (κ2) is 15.6. The van der Waals surface area contributed by atoms with E-state index in [2.05, 4.69) is 27.8 Å². The molecule has 4 atom stereocenters. The minimum atomic E-state index is -1.05. The number of likely N-dealkylation sites (tertiary alicyclic amines) is 1. The van der Waals surface area contributed by atoms with Crippen LogP contribution < -0.4 is 21.3 Å². The molecule has 13 nitrogen and oxygen atoms in total. The van der Waals surface area contributed by atoms with Gasteiger partial charge in [0.15, 0.2) is 0 Å². The fourth-order valence-electron chi connectivity index (χ4n) is 6.35. The van der Waals surface area contributed by atoms with E-state index >= 15 is 0 Å². The number of nitrogens with zero attached hydrogens (tertiary/aromatic N) is 2. The molecular formula is C37H52N6O7. The molecule has 1 saturated carbocycles. The average molecular weight is 693 g/mol. The number of imide groups is 1. The summed E-state index contributed by atoms with van der Waals surface area (Å²) in [5.41, 5.74) is -0.237. The standard InChI is InChI=1S/C37H52N6O7/c1-8-17-38-32(47)29(45)25(19-22-15-16-22)39-31(46)26-14-11-18-42(26)34(49)30(37(5,6)7)41-35(50)40-27(36(2,3)4)21-43-28(44)20-23-12-9-10-13-24(23)33(43)48/h8-10,12-13,22,25-27,30H,1,11,14-21H2,2-7H3,(H,38,47)(H,39,46)(H2,40,41,50)/t25?,26-,27+,30+/m0/s1. The number of nitrogens with one attached hydrogen (secondary N) is 4. The third kappa shape index (κ3) is 9.36. The van der Waals surface area contributed by atoms with E-state index in [0.29, 0.717) is 30.4 Å². The van der Waals surface area contributed by atoms with Crippen molar-refractivity contribution in [3.05, 3.63) is 48.0 Å². The number of carbonyl (C=O) groups is 7. The van der Waals surface area contributed by atoms with E-state index in [1.807, 2.05) is 20.8 Å². The van der Waals surface area contributed by atoms with Gasteiger partial charge in [-0.2, -0.15) is 0 Å². The largest absolute Gasteiger partial charge is 0.346 e. The SMILES string of the molecule is C=CCNC(=O)C(=O)C(CC1CC1)NC(=O)[C@@H]1CCCN1C(=O)[C@@H](NC(=O)N[C@H](CN1C(=O)Cc2ccccc2C1=O)C(C)(C)C)C(C)(C)C. The maximum atomic E-state index is 14.1. The second-order valence-corrected chi connectivity index (χ2v) is 15.8. The Morgan fingerprint density at radius 2 is 1.62 bits per heavy atom. The molecule has 2 heterocycles. The number of carbonyl (C=O) groups excluding carboxylic acids is 7. The summed E-state index contributed by atoms with van der Waals surface area (Å²) in [4.78, 5) is 95.7. The number of benzene rings is 1. The van der Waals surface area contributed by atoms with Gasteiger partial charge in [-0.25, -0.2) is 4.79 Å². The zero-order valence-corrected chi connectivity index (χ0v) is 30.1. The van der Waals surface area contributed by atoms with Gasteiger partial charge in [0.25, 0.3) is 11.8 Å². The van der Waals surface area contributed by atoms with Crippen LogP contribution in [0, 0.1) is 16.7 Å². The summed E-state index contributed by atoms with van der Waals surface area (Å²) >= 11 is 0. The lowest BCUT2D eigenvalue weighted by molar-refractivity contribution is -0.143. The number of ketones is 1. The van der Waals surface area contributed by atoms with Gasteiger partial charge >= 0.3 is 6.03 Å². The summed E-state index contributed by atoms with van der Waals surface area (Å²) in [6.45, 7) is 14.9. The Labute approximate surface area is 294 Å².